The molecule has 0 bridgehead atoms. The van der Waals surface area contributed by atoms with Crippen molar-refractivity contribution in [3.05, 3.63) is 22.7 Å². The first-order chi connectivity index (χ1) is 5.29. The minimum absolute atomic E-state index is 0.702. The lowest BCUT2D eigenvalue weighted by atomic mass is 10.1. The Balaban J connectivity index is 2.62. The monoisotopic (exact) mass is 185 g/mol. The molecule has 1 aliphatic heterocycles. The number of fused-ring (bicyclic) bond motifs is 1. The molecule has 1 aromatic carbocycles. The van der Waals surface area contributed by atoms with Gasteiger partial charge in [0.15, 0.2) is 0 Å². The van der Waals surface area contributed by atoms with Gasteiger partial charge >= 0.3 is 0 Å². The summed E-state index contributed by atoms with van der Waals surface area (Å²) in [5, 5.41) is 0.757. The summed E-state index contributed by atoms with van der Waals surface area (Å²) in [6.45, 7) is 0. The Labute approximate surface area is 74.9 Å². The number of rotatable bonds is 0. The minimum Gasteiger partial charge on any atom is -0.398 e. The summed E-state index contributed by atoms with van der Waals surface area (Å²) in [5.41, 5.74) is 7.59. The minimum atomic E-state index is 0.702. The van der Waals surface area contributed by atoms with Crippen molar-refractivity contribution in [2.24, 2.45) is 0 Å². The second-order valence-electron chi connectivity index (χ2n) is 2.54. The predicted molar refractivity (Wildman–Crippen MR) is 50.3 cm³/mol. The number of halogens is 1. The van der Waals surface area contributed by atoms with Crippen LogP contribution in [0.3, 0.4) is 0 Å². The highest BCUT2D eigenvalue weighted by atomic mass is 35.5. The summed E-state index contributed by atoms with van der Waals surface area (Å²) in [7, 11) is 0. The number of nitrogens with two attached hydrogens (primary N) is 1. The van der Waals surface area contributed by atoms with Crippen molar-refractivity contribution in [2.75, 3.05) is 11.5 Å². The second-order valence-corrected chi connectivity index (χ2v) is 4.06. The maximum absolute atomic E-state index is 6.00. The molecule has 58 valence electrons. The number of thioether (sulfide) groups is 1. The average molecular weight is 186 g/mol. The Morgan fingerprint density at radius 1 is 1.45 bits per heavy atom. The lowest BCUT2D eigenvalue weighted by Crippen LogP contribution is -1.90. The van der Waals surface area contributed by atoms with E-state index in [2.05, 4.69) is 0 Å². The van der Waals surface area contributed by atoms with E-state index in [9.17, 15) is 0 Å². The van der Waals surface area contributed by atoms with Gasteiger partial charge in [0.05, 0.1) is 10.7 Å². The Bertz CT molecular complexity index is 298. The first-order valence-electron chi connectivity index (χ1n) is 3.48. The van der Waals surface area contributed by atoms with Crippen LogP contribution in [0.1, 0.15) is 5.56 Å². The van der Waals surface area contributed by atoms with E-state index in [0.29, 0.717) is 5.69 Å². The third-order valence-electron chi connectivity index (χ3n) is 1.84. The van der Waals surface area contributed by atoms with Crippen molar-refractivity contribution in [1.29, 1.82) is 0 Å². The molecule has 1 aliphatic rings. The van der Waals surface area contributed by atoms with Crippen molar-refractivity contribution in [1.82, 2.24) is 0 Å². The molecule has 2 rings (SSSR count). The molecule has 0 amide bonds. The number of hydrogen-bond acceptors (Lipinski definition) is 2. The fraction of sp³-hybridized carbons (Fsp3) is 0.250. The van der Waals surface area contributed by atoms with Gasteiger partial charge in [0.1, 0.15) is 0 Å². The first kappa shape index (κ1) is 7.32. The summed E-state index contributed by atoms with van der Waals surface area (Å²) in [6.07, 6.45) is 1.06. The molecule has 2 N–H and O–H groups in total. The molecule has 1 heterocycles. The number of anilines is 1. The van der Waals surface area contributed by atoms with E-state index in [1.807, 2.05) is 23.9 Å². The van der Waals surface area contributed by atoms with Gasteiger partial charge in [0.2, 0.25) is 0 Å². The lowest BCUT2D eigenvalue weighted by Gasteiger charge is -2.02. The highest BCUT2D eigenvalue weighted by molar-refractivity contribution is 7.99. The molecule has 3 heteroatoms. The molecule has 1 aromatic rings. The highest BCUT2D eigenvalue weighted by Gasteiger charge is 2.15. The van der Waals surface area contributed by atoms with Crippen molar-refractivity contribution < 1.29 is 0 Å². The molecule has 1 nitrogen and oxygen atoms in total. The fourth-order valence-corrected chi connectivity index (χ4v) is 2.64. The largest absolute Gasteiger partial charge is 0.398 e. The normalized spacial score (nSPS) is 15.0. The van der Waals surface area contributed by atoms with Crippen molar-refractivity contribution in [2.45, 2.75) is 11.3 Å². The van der Waals surface area contributed by atoms with Gasteiger partial charge in [0, 0.05) is 10.6 Å². The molecular formula is C8H8ClNS. The summed E-state index contributed by atoms with van der Waals surface area (Å²) >= 11 is 7.85. The molecule has 0 aliphatic carbocycles. The second kappa shape index (κ2) is 2.61. The SMILES string of the molecule is Nc1ccc2c(c1Cl)CCS2. The molecule has 0 fully saturated rings. The molecule has 0 saturated heterocycles. The van der Waals surface area contributed by atoms with Crippen molar-refractivity contribution in [3.63, 3.8) is 0 Å². The maximum atomic E-state index is 6.00. The van der Waals surface area contributed by atoms with Gasteiger partial charge in [-0.2, -0.15) is 0 Å². The highest BCUT2D eigenvalue weighted by Crippen LogP contribution is 2.38. The van der Waals surface area contributed by atoms with Crippen LogP contribution in [0.2, 0.25) is 5.02 Å². The number of hydrogen-bond donors (Lipinski definition) is 1. The molecule has 0 atom stereocenters. The van der Waals surface area contributed by atoms with Crippen LogP contribution < -0.4 is 5.73 Å². The van der Waals surface area contributed by atoms with Gasteiger partial charge in [-0.3, -0.25) is 0 Å². The van der Waals surface area contributed by atoms with Crippen LogP contribution in [0, 0.1) is 0 Å². The lowest BCUT2D eigenvalue weighted by molar-refractivity contribution is 1.15. The van der Waals surface area contributed by atoms with E-state index in [-0.39, 0.29) is 0 Å². The Morgan fingerprint density at radius 2 is 2.27 bits per heavy atom. The quantitative estimate of drug-likeness (QED) is 0.629. The van der Waals surface area contributed by atoms with E-state index in [0.717, 1.165) is 17.2 Å². The van der Waals surface area contributed by atoms with E-state index < -0.39 is 0 Å². The van der Waals surface area contributed by atoms with E-state index in [1.165, 1.54) is 10.5 Å². The predicted octanol–water partition coefficient (Wildman–Crippen LogP) is 2.57. The van der Waals surface area contributed by atoms with E-state index in [4.69, 9.17) is 17.3 Å². The summed E-state index contributed by atoms with van der Waals surface area (Å²) in [6, 6.07) is 3.92. The molecule has 0 aromatic heterocycles. The molecular weight excluding hydrogens is 178 g/mol. The van der Waals surface area contributed by atoms with Gasteiger partial charge in [-0.05, 0) is 24.1 Å². The molecule has 0 unspecified atom stereocenters. The van der Waals surface area contributed by atoms with Gasteiger partial charge in [-0.15, -0.1) is 11.8 Å². The smallest absolute Gasteiger partial charge is 0.0678 e. The number of nitrogen functional groups attached to an aromatic ring is 1. The average Bonchev–Trinajstić information content (AvgIpc) is 2.45. The molecule has 0 radical (unpaired) electrons. The van der Waals surface area contributed by atoms with Crippen molar-refractivity contribution in [3.8, 4) is 0 Å². The summed E-state index contributed by atoms with van der Waals surface area (Å²) < 4.78 is 0. The van der Waals surface area contributed by atoms with Crippen LogP contribution in [-0.2, 0) is 6.42 Å². The molecule has 11 heavy (non-hydrogen) atoms. The van der Waals surface area contributed by atoms with Crippen LogP contribution in [0.15, 0.2) is 17.0 Å². The zero-order valence-corrected chi connectivity index (χ0v) is 7.50. The maximum Gasteiger partial charge on any atom is 0.0678 e. The Hall–Kier alpha value is -0.340. The third kappa shape index (κ3) is 1.10. The number of benzene rings is 1. The Morgan fingerprint density at radius 3 is 3.09 bits per heavy atom. The zero-order valence-electron chi connectivity index (χ0n) is 5.93. The van der Waals surface area contributed by atoms with Gasteiger partial charge < -0.3 is 5.73 Å². The van der Waals surface area contributed by atoms with Crippen LogP contribution in [0.25, 0.3) is 0 Å². The Kier molecular flexibility index (Phi) is 1.74. The van der Waals surface area contributed by atoms with Gasteiger partial charge in [-0.25, -0.2) is 0 Å². The van der Waals surface area contributed by atoms with E-state index in [1.54, 1.807) is 0 Å². The third-order valence-corrected chi connectivity index (χ3v) is 3.39. The van der Waals surface area contributed by atoms with Crippen LogP contribution in [-0.4, -0.2) is 5.75 Å². The van der Waals surface area contributed by atoms with Crippen molar-refractivity contribution >= 4 is 29.1 Å². The molecule has 0 saturated carbocycles. The first-order valence-corrected chi connectivity index (χ1v) is 4.85. The molecule has 0 spiro atoms. The fourth-order valence-electron chi connectivity index (χ4n) is 1.25. The van der Waals surface area contributed by atoms with Gasteiger partial charge in [0.25, 0.3) is 0 Å². The topological polar surface area (TPSA) is 26.0 Å². The van der Waals surface area contributed by atoms with Crippen LogP contribution >= 0.6 is 23.4 Å². The van der Waals surface area contributed by atoms with E-state index >= 15 is 0 Å². The standard InChI is InChI=1S/C8H8ClNS/c9-8-5-3-4-11-7(5)2-1-6(8)10/h1-2H,3-4,10H2. The van der Waals surface area contributed by atoms with Gasteiger partial charge in [-0.1, -0.05) is 11.6 Å². The van der Waals surface area contributed by atoms with Crippen LogP contribution in [0.4, 0.5) is 5.69 Å². The summed E-state index contributed by atoms with van der Waals surface area (Å²) in [5.74, 6) is 1.14. The summed E-state index contributed by atoms with van der Waals surface area (Å²) in [4.78, 5) is 1.30. The van der Waals surface area contributed by atoms with Crippen LogP contribution in [0.5, 0.6) is 0 Å². The zero-order chi connectivity index (χ0) is 7.84.